The van der Waals surface area contributed by atoms with Gasteiger partial charge in [0.2, 0.25) is 0 Å². The van der Waals surface area contributed by atoms with Gasteiger partial charge in [-0.25, -0.2) is 0 Å². The molecule has 0 saturated carbocycles. The summed E-state index contributed by atoms with van der Waals surface area (Å²) in [5.74, 6) is 0. The number of benzene rings is 16. The van der Waals surface area contributed by atoms with E-state index in [-0.39, 0.29) is 0 Å². The maximum absolute atomic E-state index is 2.53. The summed E-state index contributed by atoms with van der Waals surface area (Å²) in [6.07, 6.45) is 6.68. The molecule has 107 heavy (non-hydrogen) atoms. The van der Waals surface area contributed by atoms with Crippen LogP contribution < -0.4 is 9.80 Å². The zero-order chi connectivity index (χ0) is 70.5. The van der Waals surface area contributed by atoms with Crippen LogP contribution in [0.1, 0.15) is 39.9 Å². The Bertz CT molecular complexity index is 6440. The van der Waals surface area contributed by atoms with Gasteiger partial charge in [0.05, 0.1) is 22.0 Å². The van der Waals surface area contributed by atoms with Crippen LogP contribution in [-0.4, -0.2) is 9.13 Å². The molecule has 0 N–H and O–H groups in total. The average Bonchev–Trinajstić information content (AvgIpc) is 1.51. The third kappa shape index (κ3) is 10.1. The lowest BCUT2D eigenvalue weighted by atomic mass is 9.70. The molecule has 2 aromatic heterocycles. The molecule has 3 aliphatic rings. The Morgan fingerprint density at radius 3 is 1.10 bits per heavy atom. The van der Waals surface area contributed by atoms with Crippen LogP contribution in [0.15, 0.2) is 394 Å². The molecule has 4 nitrogen and oxygen atoms in total. The second-order valence-electron chi connectivity index (χ2n) is 28.6. The topological polar surface area (TPSA) is 16.3 Å². The fourth-order valence-corrected chi connectivity index (χ4v) is 17.9. The van der Waals surface area contributed by atoms with Gasteiger partial charge in [0, 0.05) is 67.4 Å². The van der Waals surface area contributed by atoms with E-state index in [1.54, 1.807) is 0 Å². The first-order chi connectivity index (χ1) is 53.1. The molecule has 16 aromatic carbocycles. The second kappa shape index (κ2) is 25.3. The highest BCUT2D eigenvalue weighted by molar-refractivity contribution is 6.11. The summed E-state index contributed by atoms with van der Waals surface area (Å²) < 4.78 is 4.83. The van der Waals surface area contributed by atoms with Crippen molar-refractivity contribution in [3.8, 4) is 89.3 Å². The van der Waals surface area contributed by atoms with Crippen molar-refractivity contribution in [2.24, 2.45) is 0 Å². The molecule has 21 rings (SSSR count). The smallest absolute Gasteiger partial charge is 0.0725 e. The SMILES string of the molecule is C1=Cc2c(c3cc(-c4ccc(N(c5ccc(-c6ccccc6)cc5)c5cc(-c6ccc7c(c6)C6(c8ccccc8-c8ccccc86)c6ccccc6-7)cc(N(c6ccc(-c7ccccc7)cc6)c6ccc(-c7ccc8c(c7)c7ccccc7n8-c7ccccc7)cc6)c5)cc4)ccc3n2-c2ccccc2)CC1. The maximum atomic E-state index is 2.53. The van der Waals surface area contributed by atoms with Crippen LogP contribution in [0.25, 0.3) is 128 Å². The maximum Gasteiger partial charge on any atom is 0.0725 e. The van der Waals surface area contributed by atoms with Gasteiger partial charge in [0.1, 0.15) is 0 Å². The van der Waals surface area contributed by atoms with E-state index in [2.05, 4.69) is 419 Å². The van der Waals surface area contributed by atoms with Crippen molar-refractivity contribution in [2.75, 3.05) is 9.80 Å². The van der Waals surface area contributed by atoms with Crippen LogP contribution >= 0.6 is 0 Å². The highest BCUT2D eigenvalue weighted by Crippen LogP contribution is 2.63. The molecule has 0 atom stereocenters. The number of anilines is 6. The summed E-state index contributed by atoms with van der Waals surface area (Å²) in [5, 5.41) is 3.76. The van der Waals surface area contributed by atoms with Gasteiger partial charge in [-0.1, -0.05) is 267 Å². The Morgan fingerprint density at radius 1 is 0.234 bits per heavy atom. The number of nitrogens with zero attached hydrogens (tertiary/aromatic N) is 4. The van der Waals surface area contributed by atoms with Crippen LogP contribution in [0.5, 0.6) is 0 Å². The first kappa shape index (κ1) is 61.8. The standard InChI is InChI=1S/C103H70N4/c1-5-23-69(24-6-1)71-41-52-81(53-42-71)104(83-56-45-73(46-57-83)75-50-61-101-93(65-75)91-34-16-21-39-99(91)106(101)79-27-9-3-10-28-79)85-63-78(77-49-60-90-89-33-15-20-38-97(89)103(98(90)67-77)95-36-18-13-31-87(95)88-32-14-19-37-96(88)103)64-86(68-85)105(82-54-43-72(44-55-82)70-25-7-2-8-26-70)84-58-47-74(48-59-84)76-51-62-102-94(66-76)92-35-17-22-40-100(92)107(102)80-29-11-4-12-30-80/h1-16,18-34,36-68H,17,35H2. The van der Waals surface area contributed by atoms with E-state index in [1.807, 2.05) is 0 Å². The minimum atomic E-state index is -0.533. The fourth-order valence-electron chi connectivity index (χ4n) is 17.9. The molecular weight excluding hydrogens is 1290 g/mol. The number of aryl methyl sites for hydroxylation is 1. The van der Waals surface area contributed by atoms with Gasteiger partial charge >= 0.3 is 0 Å². The Kier molecular flexibility index (Phi) is 14.6. The number of aromatic nitrogens is 2. The van der Waals surface area contributed by atoms with Crippen LogP contribution in [0.4, 0.5) is 34.1 Å². The van der Waals surface area contributed by atoms with Crippen molar-refractivity contribution < 1.29 is 0 Å². The molecule has 502 valence electrons. The minimum Gasteiger partial charge on any atom is -0.310 e. The third-order valence-electron chi connectivity index (χ3n) is 22.8. The minimum absolute atomic E-state index is 0.533. The van der Waals surface area contributed by atoms with E-state index in [1.165, 1.54) is 111 Å². The van der Waals surface area contributed by atoms with Gasteiger partial charge in [0.15, 0.2) is 0 Å². The first-order valence-corrected chi connectivity index (χ1v) is 37.3. The zero-order valence-corrected chi connectivity index (χ0v) is 58.8. The summed E-state index contributed by atoms with van der Waals surface area (Å²) in [5.41, 5.74) is 36.1. The molecule has 0 aliphatic heterocycles. The Hall–Kier alpha value is -13.8. The lowest BCUT2D eigenvalue weighted by molar-refractivity contribution is 0.794. The van der Waals surface area contributed by atoms with Gasteiger partial charge in [-0.3, -0.25) is 0 Å². The first-order valence-electron chi connectivity index (χ1n) is 37.3. The van der Waals surface area contributed by atoms with Crippen molar-refractivity contribution in [1.29, 1.82) is 0 Å². The van der Waals surface area contributed by atoms with Crippen LogP contribution in [0.2, 0.25) is 0 Å². The van der Waals surface area contributed by atoms with Gasteiger partial charge < -0.3 is 18.9 Å². The molecular formula is C103H70N4. The van der Waals surface area contributed by atoms with E-state index in [0.717, 1.165) is 91.6 Å². The van der Waals surface area contributed by atoms with Crippen molar-refractivity contribution in [1.82, 2.24) is 9.13 Å². The van der Waals surface area contributed by atoms with Gasteiger partial charge in [-0.05, 0) is 252 Å². The predicted molar refractivity (Wildman–Crippen MR) is 448 cm³/mol. The normalized spacial score (nSPS) is 12.8. The number of hydrogen-bond acceptors (Lipinski definition) is 2. The Balaban J connectivity index is 0.767. The fraction of sp³-hybridized carbons (Fsp3) is 0.0291. The lowest BCUT2D eigenvalue weighted by Crippen LogP contribution is -2.25. The molecule has 0 amide bonds. The second-order valence-corrected chi connectivity index (χ2v) is 28.6. The molecule has 4 heteroatoms. The molecule has 3 aliphatic carbocycles. The average molecular weight is 1360 g/mol. The molecule has 0 bridgehead atoms. The van der Waals surface area contributed by atoms with Crippen molar-refractivity contribution in [3.63, 3.8) is 0 Å². The number of fused-ring (bicyclic) bond motifs is 16. The van der Waals surface area contributed by atoms with Gasteiger partial charge in [0.25, 0.3) is 0 Å². The van der Waals surface area contributed by atoms with Crippen molar-refractivity contribution in [2.45, 2.75) is 18.3 Å². The van der Waals surface area contributed by atoms with Crippen LogP contribution in [0.3, 0.4) is 0 Å². The molecule has 1 spiro atoms. The summed E-state index contributed by atoms with van der Waals surface area (Å²) in [6, 6.07) is 145. The molecule has 18 aromatic rings. The molecule has 0 unspecified atom stereocenters. The monoisotopic (exact) mass is 1360 g/mol. The third-order valence-corrected chi connectivity index (χ3v) is 22.8. The molecule has 0 fully saturated rings. The zero-order valence-electron chi connectivity index (χ0n) is 58.8. The quantitative estimate of drug-likeness (QED) is 0.114. The van der Waals surface area contributed by atoms with Gasteiger partial charge in [-0.2, -0.15) is 0 Å². The number of rotatable bonds is 13. The molecule has 0 radical (unpaired) electrons. The number of para-hydroxylation sites is 3. The number of allylic oxidation sites excluding steroid dienone is 1. The van der Waals surface area contributed by atoms with E-state index >= 15 is 0 Å². The van der Waals surface area contributed by atoms with E-state index in [0.29, 0.717) is 0 Å². The van der Waals surface area contributed by atoms with Crippen molar-refractivity contribution in [3.05, 3.63) is 428 Å². The summed E-state index contributed by atoms with van der Waals surface area (Å²) >= 11 is 0. The largest absolute Gasteiger partial charge is 0.310 e. The summed E-state index contributed by atoms with van der Waals surface area (Å²) in [4.78, 5) is 4.93. The Morgan fingerprint density at radius 2 is 0.598 bits per heavy atom. The van der Waals surface area contributed by atoms with Crippen molar-refractivity contribution >= 4 is 72.9 Å². The molecule has 0 saturated heterocycles. The van der Waals surface area contributed by atoms with E-state index < -0.39 is 5.41 Å². The predicted octanol–water partition coefficient (Wildman–Crippen LogP) is 27.3. The lowest BCUT2D eigenvalue weighted by Gasteiger charge is -2.31. The highest BCUT2D eigenvalue weighted by atomic mass is 15.2. The Labute approximate surface area is 623 Å². The highest BCUT2D eigenvalue weighted by Gasteiger charge is 2.51. The van der Waals surface area contributed by atoms with Crippen LogP contribution in [0, 0.1) is 0 Å². The van der Waals surface area contributed by atoms with E-state index in [9.17, 15) is 0 Å². The summed E-state index contributed by atoms with van der Waals surface area (Å²) in [7, 11) is 0. The summed E-state index contributed by atoms with van der Waals surface area (Å²) in [6.45, 7) is 0. The van der Waals surface area contributed by atoms with Gasteiger partial charge in [-0.15, -0.1) is 0 Å². The molecule has 2 heterocycles. The van der Waals surface area contributed by atoms with Crippen LogP contribution in [-0.2, 0) is 11.8 Å². The number of hydrogen-bond donors (Lipinski definition) is 0. The van der Waals surface area contributed by atoms with E-state index in [4.69, 9.17) is 0 Å².